The zero-order valence-corrected chi connectivity index (χ0v) is 31.5. The standard InChI is InChI=1S/C39H44N2O13/c1-21(2)49-33(42)17-40(18-34(43)50-22(3)4)27-11-9-25-13-29(38(47)53-31(25)15-27)37(46)30-14-26-10-12-28(16-32(26)54-39(30)48)41(19-35(44)51-23(5)6)20-36(45)52-24(7)8/h9-16,21-24H,17-20H2,1-8H3. The molecule has 0 aliphatic carbocycles. The predicted molar refractivity (Wildman–Crippen MR) is 198 cm³/mol. The minimum absolute atomic E-state index is 0.0469. The topological polar surface area (TPSA) is 189 Å². The average molecular weight is 749 g/mol. The molecule has 0 N–H and O–H groups in total. The minimum Gasteiger partial charge on any atom is -0.462 e. The van der Waals surface area contributed by atoms with Gasteiger partial charge in [-0.25, -0.2) is 9.59 Å². The summed E-state index contributed by atoms with van der Waals surface area (Å²) in [5.41, 5.74) is -2.18. The average Bonchev–Trinajstić information content (AvgIpc) is 3.04. The van der Waals surface area contributed by atoms with Crippen LogP contribution in [0.5, 0.6) is 0 Å². The quantitative estimate of drug-likeness (QED) is 0.0671. The van der Waals surface area contributed by atoms with Gasteiger partial charge in [-0.3, -0.25) is 24.0 Å². The van der Waals surface area contributed by atoms with Crippen molar-refractivity contribution in [3.05, 3.63) is 80.5 Å². The van der Waals surface area contributed by atoms with Crippen molar-refractivity contribution in [3.63, 3.8) is 0 Å². The smallest absolute Gasteiger partial charge is 0.347 e. The summed E-state index contributed by atoms with van der Waals surface area (Å²) in [5, 5.41) is 0.635. The summed E-state index contributed by atoms with van der Waals surface area (Å²) >= 11 is 0. The molecule has 15 heteroatoms. The van der Waals surface area contributed by atoms with Gasteiger partial charge in [0.25, 0.3) is 0 Å². The van der Waals surface area contributed by atoms with Crippen LogP contribution in [0.2, 0.25) is 0 Å². The second kappa shape index (κ2) is 17.7. The number of rotatable bonds is 16. The van der Waals surface area contributed by atoms with E-state index in [0.717, 1.165) is 0 Å². The van der Waals surface area contributed by atoms with Crippen LogP contribution >= 0.6 is 0 Å². The molecule has 0 atom stereocenters. The number of carbonyl (C=O) groups excluding carboxylic acids is 5. The van der Waals surface area contributed by atoms with Crippen LogP contribution < -0.4 is 21.1 Å². The maximum Gasteiger partial charge on any atom is 0.347 e. The predicted octanol–water partition coefficient (Wildman–Crippen LogP) is 4.55. The molecular formula is C39H44N2O13. The second-order valence-electron chi connectivity index (χ2n) is 13.5. The molecule has 0 unspecified atom stereocenters. The summed E-state index contributed by atoms with van der Waals surface area (Å²) in [6, 6.07) is 11.6. The number of esters is 4. The minimum atomic E-state index is -1.04. The van der Waals surface area contributed by atoms with E-state index in [1.807, 2.05) is 0 Å². The third-order valence-corrected chi connectivity index (χ3v) is 7.41. The van der Waals surface area contributed by atoms with Gasteiger partial charge in [-0.05, 0) is 91.8 Å². The lowest BCUT2D eigenvalue weighted by molar-refractivity contribution is -0.148. The van der Waals surface area contributed by atoms with Crippen LogP contribution in [0.15, 0.2) is 67.0 Å². The lowest BCUT2D eigenvalue weighted by atomic mass is 10.0. The number of hydrogen-bond acceptors (Lipinski definition) is 15. The lowest BCUT2D eigenvalue weighted by Gasteiger charge is -2.24. The number of ether oxygens (including phenoxy) is 4. The highest BCUT2D eigenvalue weighted by atomic mass is 16.6. The van der Waals surface area contributed by atoms with Crippen molar-refractivity contribution in [2.24, 2.45) is 0 Å². The van der Waals surface area contributed by atoms with E-state index in [1.54, 1.807) is 67.5 Å². The maximum atomic E-state index is 13.6. The van der Waals surface area contributed by atoms with E-state index < -0.39 is 52.0 Å². The fraction of sp³-hybridized carbons (Fsp3) is 0.410. The molecule has 0 aliphatic rings. The molecule has 0 fully saturated rings. The number of nitrogens with zero attached hydrogens (tertiary/aromatic N) is 2. The van der Waals surface area contributed by atoms with Crippen molar-refractivity contribution >= 4 is 63.0 Å². The van der Waals surface area contributed by atoms with E-state index in [2.05, 4.69) is 0 Å². The molecule has 2 heterocycles. The first kappa shape index (κ1) is 40.8. The molecule has 0 saturated heterocycles. The Morgan fingerprint density at radius 2 is 0.796 bits per heavy atom. The van der Waals surface area contributed by atoms with E-state index in [1.165, 1.54) is 46.2 Å². The molecule has 4 rings (SSSR count). The molecule has 4 aromatic rings. The van der Waals surface area contributed by atoms with Crippen molar-refractivity contribution in [2.45, 2.75) is 79.8 Å². The van der Waals surface area contributed by atoms with Gasteiger partial charge in [-0.2, -0.15) is 0 Å². The van der Waals surface area contributed by atoms with Gasteiger partial charge < -0.3 is 37.6 Å². The molecule has 288 valence electrons. The molecule has 15 nitrogen and oxygen atoms in total. The van der Waals surface area contributed by atoms with E-state index in [4.69, 9.17) is 27.8 Å². The van der Waals surface area contributed by atoms with Crippen LogP contribution in [0.3, 0.4) is 0 Å². The summed E-state index contributed by atoms with van der Waals surface area (Å²) in [7, 11) is 0. The Morgan fingerprint density at radius 1 is 0.500 bits per heavy atom. The van der Waals surface area contributed by atoms with E-state index >= 15 is 0 Å². The first-order valence-electron chi connectivity index (χ1n) is 17.4. The Morgan fingerprint density at radius 3 is 1.07 bits per heavy atom. The SMILES string of the molecule is CC(C)OC(=O)CN(CC(=O)OC(C)C)c1ccc2cc(C(=O)c3cc4ccc(N(CC(=O)OC(C)C)CC(=O)OC(C)C)cc4oc3=O)c(=O)oc2c1. The third-order valence-electron chi connectivity index (χ3n) is 7.41. The first-order chi connectivity index (χ1) is 25.4. The summed E-state index contributed by atoms with van der Waals surface area (Å²) in [4.78, 5) is 92.8. The highest BCUT2D eigenvalue weighted by Gasteiger charge is 2.24. The van der Waals surface area contributed by atoms with Gasteiger partial charge in [-0.1, -0.05) is 0 Å². The Bertz CT molecular complexity index is 1960. The van der Waals surface area contributed by atoms with Crippen LogP contribution in [-0.2, 0) is 38.1 Å². The molecule has 0 aliphatic heterocycles. The van der Waals surface area contributed by atoms with Crippen molar-refractivity contribution in [1.29, 1.82) is 0 Å². The fourth-order valence-electron chi connectivity index (χ4n) is 5.36. The van der Waals surface area contributed by atoms with Crippen molar-refractivity contribution in [1.82, 2.24) is 0 Å². The van der Waals surface area contributed by atoms with Gasteiger partial charge in [0, 0.05) is 34.3 Å². The highest BCUT2D eigenvalue weighted by Crippen LogP contribution is 2.25. The van der Waals surface area contributed by atoms with E-state index in [9.17, 15) is 33.6 Å². The zero-order chi connectivity index (χ0) is 39.9. The summed E-state index contributed by atoms with van der Waals surface area (Å²) in [5.74, 6) is -3.32. The van der Waals surface area contributed by atoms with E-state index in [0.29, 0.717) is 22.1 Å². The zero-order valence-electron chi connectivity index (χ0n) is 31.5. The van der Waals surface area contributed by atoms with Crippen molar-refractivity contribution < 1.29 is 51.8 Å². The Balaban J connectivity index is 1.65. The number of ketones is 1. The normalized spacial score (nSPS) is 11.3. The number of carbonyl (C=O) groups is 5. The lowest BCUT2D eigenvalue weighted by Crippen LogP contribution is -2.37. The number of fused-ring (bicyclic) bond motifs is 2. The Hall–Kier alpha value is -5.99. The van der Waals surface area contributed by atoms with Crippen molar-refractivity contribution in [3.8, 4) is 0 Å². The van der Waals surface area contributed by atoms with Gasteiger partial charge in [0.15, 0.2) is 0 Å². The fourth-order valence-corrected chi connectivity index (χ4v) is 5.36. The molecule has 0 spiro atoms. The van der Waals surface area contributed by atoms with Crippen LogP contribution in [0.1, 0.15) is 71.3 Å². The maximum absolute atomic E-state index is 13.6. The molecule has 2 aromatic carbocycles. The van der Waals surface area contributed by atoms with Crippen LogP contribution in [0, 0.1) is 0 Å². The summed E-state index contributed by atoms with van der Waals surface area (Å²) in [6.07, 6.45) is -1.56. The molecule has 54 heavy (non-hydrogen) atoms. The molecular weight excluding hydrogens is 704 g/mol. The Labute approximate surface area is 310 Å². The van der Waals surface area contributed by atoms with Gasteiger partial charge in [-0.15, -0.1) is 0 Å². The molecule has 0 bridgehead atoms. The van der Waals surface area contributed by atoms with E-state index in [-0.39, 0.29) is 61.8 Å². The molecule has 0 saturated carbocycles. The summed E-state index contributed by atoms with van der Waals surface area (Å²) < 4.78 is 32.0. The Kier molecular flexibility index (Phi) is 13.4. The number of benzene rings is 2. The van der Waals surface area contributed by atoms with Gasteiger partial charge in [0.1, 0.15) is 48.5 Å². The van der Waals surface area contributed by atoms with Gasteiger partial charge in [0.05, 0.1) is 24.4 Å². The van der Waals surface area contributed by atoms with Crippen LogP contribution in [0.25, 0.3) is 21.9 Å². The second-order valence-corrected chi connectivity index (χ2v) is 13.5. The largest absolute Gasteiger partial charge is 0.462 e. The number of anilines is 2. The first-order valence-corrected chi connectivity index (χ1v) is 17.4. The number of hydrogen-bond donors (Lipinski definition) is 0. The third kappa shape index (κ3) is 11.0. The molecule has 2 aromatic heterocycles. The monoisotopic (exact) mass is 748 g/mol. The summed E-state index contributed by atoms with van der Waals surface area (Å²) in [6.45, 7) is 12.3. The van der Waals surface area contributed by atoms with Crippen LogP contribution in [-0.4, -0.2) is 80.3 Å². The van der Waals surface area contributed by atoms with Gasteiger partial charge in [0.2, 0.25) is 5.78 Å². The highest BCUT2D eigenvalue weighted by molar-refractivity contribution is 6.10. The van der Waals surface area contributed by atoms with Crippen LogP contribution in [0.4, 0.5) is 11.4 Å². The van der Waals surface area contributed by atoms with Crippen molar-refractivity contribution in [2.75, 3.05) is 36.0 Å². The molecule has 0 radical (unpaired) electrons. The molecule has 0 amide bonds. The van der Waals surface area contributed by atoms with Gasteiger partial charge >= 0.3 is 35.1 Å².